The number of benzene rings is 5. The highest BCUT2D eigenvalue weighted by atomic mass is 32.2. The van der Waals surface area contributed by atoms with Crippen molar-refractivity contribution in [2.75, 3.05) is 31.1 Å². The van der Waals surface area contributed by atoms with Crippen molar-refractivity contribution < 1.29 is 57.0 Å². The number of aromatic amines is 2. The molecule has 0 saturated carbocycles. The second kappa shape index (κ2) is 32.0. The third kappa shape index (κ3) is 17.6. The summed E-state index contributed by atoms with van der Waals surface area (Å²) in [6.07, 6.45) is 6.29. The maximum Gasteiger partial charge on any atom is 0.315 e. The van der Waals surface area contributed by atoms with Crippen LogP contribution < -0.4 is 48.7 Å². The van der Waals surface area contributed by atoms with Gasteiger partial charge >= 0.3 is 6.03 Å². The lowest BCUT2D eigenvalue weighted by Gasteiger charge is -2.37. The highest BCUT2D eigenvalue weighted by Gasteiger charge is 2.48. The van der Waals surface area contributed by atoms with E-state index in [0.717, 1.165) is 16.7 Å². The summed E-state index contributed by atoms with van der Waals surface area (Å²) in [4.78, 5) is 137. The maximum absolute atomic E-state index is 15.4. The third-order valence-electron chi connectivity index (χ3n) is 18.0. The van der Waals surface area contributed by atoms with Gasteiger partial charge in [-0.05, 0) is 158 Å². The summed E-state index contributed by atoms with van der Waals surface area (Å²) in [6.45, 7) is 1.47. The van der Waals surface area contributed by atoms with Crippen LogP contribution in [-0.2, 0) is 70.8 Å². The van der Waals surface area contributed by atoms with E-state index in [1.807, 2.05) is 24.3 Å². The van der Waals surface area contributed by atoms with E-state index in [-0.39, 0.29) is 62.1 Å². The number of ketones is 1. The number of carbonyl (C=O) groups is 9. The Morgan fingerprint density at radius 3 is 2.04 bits per heavy atom. The molecule has 10 rings (SSSR count). The van der Waals surface area contributed by atoms with Crippen LogP contribution >= 0.6 is 23.5 Å². The zero-order valence-electron chi connectivity index (χ0n) is 53.2. The van der Waals surface area contributed by atoms with E-state index in [1.165, 1.54) is 70.9 Å². The molecule has 0 unspecified atom stereocenters. The van der Waals surface area contributed by atoms with Gasteiger partial charge in [0, 0.05) is 95.0 Å². The second-order valence-corrected chi connectivity index (χ2v) is 27.1. The molecular weight excluding hydrogens is 1270 g/mol. The molecule has 1 saturated heterocycles. The number of urea groups is 1. The molecule has 0 spiro atoms. The standard InChI is InChI=1S/C70H80F2N12O10S2/c1-70-23-6-25-84(70)67(92)59(28-40-12-18-49(85)19-13-40)83-69(94)82-55-11-5-9-43-14-15-44(29-50(43)55)63(88)57(30-45-34-75-53-20-16-47(71)32-51(45)53)80-66(91)58(31-46-35-76-54-21-17-48(72)33-52(46)54)79-62(87)36-77-65(90)56(10-2-3-24-73)78-61(86)22-26-95-37-41-7-4-8-42(27-41)38-96-39-60(64(74)89)81-68(70)93/h4,7-8,12-21,27,29,32-35,55-60,75-76,85H,2-3,5-6,9-11,22-26,28,30-31,36-39,73H2,1H3,(H2,74,89)(H,77,90)(H,78,86)(H,79,87)(H,80,91)(H,81,93)(H2,82,83,94)/t55-,56-,57-,58-,59-,60-,70-/m0/s1. The van der Waals surface area contributed by atoms with Crippen molar-refractivity contribution in [1.29, 1.82) is 0 Å². The highest BCUT2D eigenvalue weighted by molar-refractivity contribution is 7.98. The number of carbonyl (C=O) groups excluding carboxylic acids is 9. The van der Waals surface area contributed by atoms with Gasteiger partial charge < -0.3 is 68.7 Å². The molecule has 26 heteroatoms. The average Bonchev–Trinajstić information content (AvgIpc) is 1.50. The fraction of sp³-hybridized carbons (Fsp3) is 0.386. The fourth-order valence-electron chi connectivity index (χ4n) is 12.8. The summed E-state index contributed by atoms with van der Waals surface area (Å²) < 4.78 is 29.8. The molecule has 4 bridgehead atoms. The van der Waals surface area contributed by atoms with Crippen LogP contribution in [0, 0.1) is 11.6 Å². The number of nitrogens with zero attached hydrogens (tertiary/aromatic N) is 1. The Kier molecular flexibility index (Phi) is 23.2. The number of amides is 9. The Hall–Kier alpha value is -9.27. The lowest BCUT2D eigenvalue weighted by molar-refractivity contribution is -0.146. The van der Waals surface area contributed by atoms with Crippen LogP contribution in [0.5, 0.6) is 5.75 Å². The molecule has 0 radical (unpaired) electrons. The Morgan fingerprint density at radius 1 is 0.677 bits per heavy atom. The molecule has 5 aromatic carbocycles. The number of aromatic nitrogens is 2. The first-order valence-electron chi connectivity index (χ1n) is 32.3. The van der Waals surface area contributed by atoms with Crippen LogP contribution in [0.15, 0.2) is 116 Å². The largest absolute Gasteiger partial charge is 0.508 e. The number of fused-ring (bicyclic) bond motifs is 6. The molecule has 506 valence electrons. The number of hydrogen-bond acceptors (Lipinski definition) is 13. The van der Waals surface area contributed by atoms with Gasteiger partial charge in [0.25, 0.3) is 0 Å². The molecule has 14 N–H and O–H groups in total. The topological polar surface area (TPSA) is 345 Å². The minimum absolute atomic E-state index is 0.0178. The monoisotopic (exact) mass is 1350 g/mol. The number of thioether (sulfide) groups is 2. The van der Waals surface area contributed by atoms with Crippen molar-refractivity contribution in [2.45, 2.75) is 137 Å². The molecule has 96 heavy (non-hydrogen) atoms. The van der Waals surface area contributed by atoms with Gasteiger partial charge in [0.05, 0.1) is 18.6 Å². The normalized spacial score (nSPS) is 22.8. The molecule has 2 aliphatic heterocycles. The first kappa shape index (κ1) is 69.6. The number of nitrogens with two attached hydrogens (primary N) is 2. The number of aryl methyl sites for hydroxylation is 1. The molecule has 3 aliphatic rings. The zero-order valence-corrected chi connectivity index (χ0v) is 54.8. The minimum atomic E-state index is -1.47. The summed E-state index contributed by atoms with van der Waals surface area (Å²) in [5.41, 5.74) is 16.2. The number of halogens is 2. The van der Waals surface area contributed by atoms with Gasteiger partial charge in [-0.3, -0.25) is 38.4 Å². The fourth-order valence-corrected chi connectivity index (χ4v) is 14.7. The van der Waals surface area contributed by atoms with E-state index < -0.39 is 113 Å². The summed E-state index contributed by atoms with van der Waals surface area (Å²) in [7, 11) is 0. The van der Waals surface area contributed by atoms with Gasteiger partial charge in [-0.25, -0.2) is 13.6 Å². The molecule has 7 atom stereocenters. The van der Waals surface area contributed by atoms with Gasteiger partial charge in [0.2, 0.25) is 41.4 Å². The van der Waals surface area contributed by atoms with Crippen LogP contribution in [0.1, 0.15) is 114 Å². The number of phenolic OH excluding ortho intramolecular Hbond substituents is 1. The number of nitrogens with one attached hydrogen (secondary N) is 9. The van der Waals surface area contributed by atoms with Crippen molar-refractivity contribution in [3.8, 4) is 5.75 Å². The number of Topliss-reactive ketones (excluding diaryl/α,β-unsaturated/α-hetero) is 1. The van der Waals surface area contributed by atoms with Crippen molar-refractivity contribution in [1.82, 2.24) is 52.1 Å². The number of phenols is 1. The maximum atomic E-state index is 15.4. The molecule has 22 nitrogen and oxygen atoms in total. The summed E-state index contributed by atoms with van der Waals surface area (Å²) >= 11 is 2.88. The molecule has 4 heterocycles. The van der Waals surface area contributed by atoms with Crippen LogP contribution in [0.25, 0.3) is 21.8 Å². The predicted octanol–water partition coefficient (Wildman–Crippen LogP) is 6.21. The first-order valence-corrected chi connectivity index (χ1v) is 34.6. The van der Waals surface area contributed by atoms with Crippen molar-refractivity contribution in [3.05, 3.63) is 172 Å². The van der Waals surface area contributed by atoms with Gasteiger partial charge in [0.1, 0.15) is 47.1 Å². The van der Waals surface area contributed by atoms with E-state index in [1.54, 1.807) is 55.7 Å². The van der Waals surface area contributed by atoms with Crippen molar-refractivity contribution in [3.63, 3.8) is 0 Å². The van der Waals surface area contributed by atoms with E-state index in [0.29, 0.717) is 106 Å². The van der Waals surface area contributed by atoms with Crippen LogP contribution in [0.3, 0.4) is 0 Å². The molecular formula is C70H80F2N12O10S2. The predicted molar refractivity (Wildman–Crippen MR) is 363 cm³/mol. The Balaban J connectivity index is 0.971. The van der Waals surface area contributed by atoms with Gasteiger partial charge in [0.15, 0.2) is 5.78 Å². The summed E-state index contributed by atoms with van der Waals surface area (Å²) in [6, 6.07) is 19.4. The Morgan fingerprint density at radius 2 is 1.35 bits per heavy atom. The van der Waals surface area contributed by atoms with Crippen molar-refractivity contribution >= 4 is 98.5 Å². The van der Waals surface area contributed by atoms with Gasteiger partial charge in [-0.2, -0.15) is 23.5 Å². The molecule has 7 aromatic rings. The van der Waals surface area contributed by atoms with Crippen LogP contribution in [0.2, 0.25) is 0 Å². The molecule has 1 fully saturated rings. The number of unbranched alkanes of at least 4 members (excludes halogenated alkanes) is 1. The molecule has 9 amide bonds. The molecule has 1 aliphatic carbocycles. The SMILES string of the molecule is C[C@@]12CCCN1C(=O)[C@H](Cc1ccc(O)cc1)NC(=O)N[C@H]1CCCc3ccc(cc31)C(=O)[C@H](Cc1c[nH]c3ccc(F)cc13)NC(=O)[C@H](Cc1c[nH]c3ccc(F)cc13)NC(=O)CNC(=O)[C@H](CCCCN)NC(=O)CCSCc1cccc(c1)CSC[C@@H](C(N)=O)NC2=O. The van der Waals surface area contributed by atoms with Gasteiger partial charge in [-0.1, -0.05) is 48.5 Å². The number of H-pyrrole nitrogens is 2. The first-order chi connectivity index (χ1) is 46.2. The average molecular weight is 1350 g/mol. The number of rotatable bonds is 11. The van der Waals surface area contributed by atoms with E-state index in [4.69, 9.17) is 11.5 Å². The smallest absolute Gasteiger partial charge is 0.315 e. The van der Waals surface area contributed by atoms with Gasteiger partial charge in [-0.15, -0.1) is 0 Å². The Labute approximate surface area is 562 Å². The highest BCUT2D eigenvalue weighted by Crippen LogP contribution is 2.34. The lowest BCUT2D eigenvalue weighted by Crippen LogP contribution is -2.62. The molecule has 2 aromatic heterocycles. The number of hydrogen-bond donors (Lipinski definition) is 12. The van der Waals surface area contributed by atoms with E-state index in [2.05, 4.69) is 47.2 Å². The second-order valence-electron chi connectivity index (χ2n) is 24.9. The zero-order chi connectivity index (χ0) is 68.0. The Bertz CT molecular complexity index is 4040. The quantitative estimate of drug-likeness (QED) is 0.0642. The van der Waals surface area contributed by atoms with Crippen LogP contribution in [-0.4, -0.2) is 140 Å². The summed E-state index contributed by atoms with van der Waals surface area (Å²) in [5, 5.41) is 30.9. The minimum Gasteiger partial charge on any atom is -0.508 e. The lowest BCUT2D eigenvalue weighted by atomic mass is 9.85. The number of aromatic hydroxyl groups is 1. The van der Waals surface area contributed by atoms with Crippen molar-refractivity contribution in [2.24, 2.45) is 11.5 Å². The van der Waals surface area contributed by atoms with Crippen LogP contribution in [0.4, 0.5) is 13.6 Å². The third-order valence-corrected chi connectivity index (χ3v) is 20.1. The van der Waals surface area contributed by atoms with E-state index in [9.17, 15) is 42.7 Å². The summed E-state index contributed by atoms with van der Waals surface area (Å²) in [5.74, 6) is -4.85. The van der Waals surface area contributed by atoms with E-state index >= 15 is 14.4 Å². The number of primary amides is 1.